The van der Waals surface area contributed by atoms with E-state index in [4.69, 9.17) is 16.3 Å². The standard InChI is InChI=1S/C31H24ClF2NO/c1-4-20-21(5-2)27-22-15-12-18(32)16-24(22)31(33,34)30-29(27)28(23-8-6-7-9-25(23)35-30)26(20)17-10-13-19(36-3)14-11-17/h6-16H,4-5H2,1-3H3. The molecule has 6 rings (SSSR count). The van der Waals surface area contributed by atoms with Crippen molar-refractivity contribution in [1.82, 2.24) is 4.98 Å². The highest BCUT2D eigenvalue weighted by Crippen LogP contribution is 2.55. The first-order valence-corrected chi connectivity index (χ1v) is 12.5. The molecule has 0 saturated heterocycles. The molecule has 180 valence electrons. The molecular weight excluding hydrogens is 476 g/mol. The minimum Gasteiger partial charge on any atom is -0.497 e. The van der Waals surface area contributed by atoms with Crippen molar-refractivity contribution >= 4 is 33.3 Å². The smallest absolute Gasteiger partial charge is 0.316 e. The number of benzene rings is 4. The number of alkyl halides is 2. The summed E-state index contributed by atoms with van der Waals surface area (Å²) in [6, 6.07) is 20.3. The Labute approximate surface area is 213 Å². The number of methoxy groups -OCH3 is 1. The average molecular weight is 500 g/mol. The maximum Gasteiger partial charge on any atom is 0.316 e. The Bertz CT molecular complexity index is 1680. The molecule has 0 radical (unpaired) electrons. The lowest BCUT2D eigenvalue weighted by Crippen LogP contribution is -2.24. The normalized spacial score (nSPS) is 13.7. The molecule has 1 aliphatic carbocycles. The summed E-state index contributed by atoms with van der Waals surface area (Å²) in [5.41, 5.74) is 5.86. The van der Waals surface area contributed by atoms with E-state index >= 15 is 8.78 Å². The number of halogens is 3. The number of ether oxygens (including phenoxy) is 1. The van der Waals surface area contributed by atoms with Crippen LogP contribution in [-0.2, 0) is 18.8 Å². The van der Waals surface area contributed by atoms with E-state index in [2.05, 4.69) is 18.8 Å². The van der Waals surface area contributed by atoms with Gasteiger partial charge in [0.1, 0.15) is 11.4 Å². The van der Waals surface area contributed by atoms with Gasteiger partial charge in [0.05, 0.1) is 12.6 Å². The summed E-state index contributed by atoms with van der Waals surface area (Å²) in [6.07, 6.45) is 1.47. The summed E-state index contributed by atoms with van der Waals surface area (Å²) < 4.78 is 37.9. The third-order valence-electron chi connectivity index (χ3n) is 7.33. The highest BCUT2D eigenvalue weighted by molar-refractivity contribution is 6.31. The van der Waals surface area contributed by atoms with Crippen LogP contribution in [0.25, 0.3) is 43.9 Å². The molecule has 0 aliphatic heterocycles. The molecule has 0 unspecified atom stereocenters. The summed E-state index contributed by atoms with van der Waals surface area (Å²) in [6.45, 7) is 4.22. The summed E-state index contributed by atoms with van der Waals surface area (Å²) >= 11 is 6.23. The summed E-state index contributed by atoms with van der Waals surface area (Å²) in [4.78, 5) is 4.60. The third kappa shape index (κ3) is 3.10. The minimum absolute atomic E-state index is 0.0828. The Balaban J connectivity index is 1.92. The number of para-hydroxylation sites is 1. The topological polar surface area (TPSA) is 22.1 Å². The van der Waals surface area contributed by atoms with Gasteiger partial charge in [-0.15, -0.1) is 0 Å². The van der Waals surface area contributed by atoms with Crippen LogP contribution in [0.2, 0.25) is 5.02 Å². The van der Waals surface area contributed by atoms with E-state index in [0.29, 0.717) is 22.9 Å². The highest BCUT2D eigenvalue weighted by atomic mass is 35.5. The van der Waals surface area contributed by atoms with Gasteiger partial charge in [-0.1, -0.05) is 61.8 Å². The van der Waals surface area contributed by atoms with Crippen LogP contribution in [0.15, 0.2) is 66.7 Å². The lowest BCUT2D eigenvalue weighted by molar-refractivity contribution is 0.0399. The molecule has 0 spiro atoms. The van der Waals surface area contributed by atoms with Gasteiger partial charge in [0.15, 0.2) is 0 Å². The third-order valence-corrected chi connectivity index (χ3v) is 7.57. The quantitative estimate of drug-likeness (QED) is 0.230. The van der Waals surface area contributed by atoms with Crippen molar-refractivity contribution in [3.63, 3.8) is 0 Å². The number of hydrogen-bond acceptors (Lipinski definition) is 2. The fourth-order valence-corrected chi connectivity index (χ4v) is 5.99. The Morgan fingerprint density at radius 3 is 2.25 bits per heavy atom. The van der Waals surface area contributed by atoms with E-state index in [1.807, 2.05) is 48.5 Å². The molecule has 0 amide bonds. The largest absolute Gasteiger partial charge is 0.497 e. The van der Waals surface area contributed by atoms with Crippen LogP contribution in [0.5, 0.6) is 5.75 Å². The molecule has 0 bridgehead atoms. The molecule has 0 atom stereocenters. The first-order valence-electron chi connectivity index (χ1n) is 12.1. The second-order valence-corrected chi connectivity index (χ2v) is 9.57. The zero-order valence-electron chi connectivity index (χ0n) is 20.3. The molecule has 0 saturated carbocycles. The molecule has 1 aliphatic rings. The zero-order valence-corrected chi connectivity index (χ0v) is 21.0. The fourth-order valence-electron chi connectivity index (χ4n) is 5.82. The van der Waals surface area contributed by atoms with Gasteiger partial charge in [-0.25, -0.2) is 4.98 Å². The molecule has 5 aromatic rings. The molecule has 1 heterocycles. The average Bonchev–Trinajstić information content (AvgIpc) is 2.90. The van der Waals surface area contributed by atoms with Gasteiger partial charge in [0, 0.05) is 26.7 Å². The van der Waals surface area contributed by atoms with Crippen molar-refractivity contribution in [2.45, 2.75) is 32.6 Å². The van der Waals surface area contributed by atoms with Gasteiger partial charge in [-0.2, -0.15) is 8.78 Å². The van der Waals surface area contributed by atoms with Crippen molar-refractivity contribution in [3.05, 3.63) is 94.1 Å². The lowest BCUT2D eigenvalue weighted by atomic mass is 9.75. The molecular formula is C31H24ClF2NO. The van der Waals surface area contributed by atoms with Gasteiger partial charge in [-0.05, 0) is 76.6 Å². The van der Waals surface area contributed by atoms with Crippen molar-refractivity contribution < 1.29 is 13.5 Å². The summed E-state index contributed by atoms with van der Waals surface area (Å²) in [7, 11) is 1.63. The van der Waals surface area contributed by atoms with Gasteiger partial charge >= 0.3 is 5.92 Å². The number of rotatable bonds is 4. The van der Waals surface area contributed by atoms with Crippen LogP contribution in [0.3, 0.4) is 0 Å². The second kappa shape index (κ2) is 8.28. The van der Waals surface area contributed by atoms with Crippen molar-refractivity contribution in [2.75, 3.05) is 7.11 Å². The van der Waals surface area contributed by atoms with Crippen LogP contribution in [0, 0.1) is 0 Å². The Kier molecular flexibility index (Phi) is 5.27. The first-order chi connectivity index (χ1) is 17.4. The van der Waals surface area contributed by atoms with E-state index in [0.717, 1.165) is 45.2 Å². The molecule has 0 fully saturated rings. The maximum absolute atomic E-state index is 16.3. The van der Waals surface area contributed by atoms with Gasteiger partial charge in [-0.3, -0.25) is 0 Å². The van der Waals surface area contributed by atoms with Gasteiger partial charge in [0.25, 0.3) is 0 Å². The van der Waals surface area contributed by atoms with Crippen LogP contribution in [0.1, 0.15) is 36.2 Å². The van der Waals surface area contributed by atoms with Crippen molar-refractivity contribution in [3.8, 4) is 28.0 Å². The predicted molar refractivity (Wildman–Crippen MR) is 143 cm³/mol. The number of hydrogen-bond donors (Lipinski definition) is 0. The van der Waals surface area contributed by atoms with Crippen molar-refractivity contribution in [1.29, 1.82) is 0 Å². The minimum atomic E-state index is -3.29. The van der Waals surface area contributed by atoms with Gasteiger partial charge in [0.2, 0.25) is 0 Å². The monoisotopic (exact) mass is 499 g/mol. The first kappa shape index (κ1) is 22.9. The number of fused-ring (bicyclic) bond motifs is 4. The van der Waals surface area contributed by atoms with Crippen LogP contribution in [0.4, 0.5) is 8.78 Å². The maximum atomic E-state index is 16.3. The number of nitrogens with zero attached hydrogens (tertiary/aromatic N) is 1. The summed E-state index contributed by atoms with van der Waals surface area (Å²) in [5, 5.41) is 2.52. The molecule has 36 heavy (non-hydrogen) atoms. The predicted octanol–water partition coefficient (Wildman–Crippen LogP) is 8.96. The van der Waals surface area contributed by atoms with Crippen molar-refractivity contribution in [2.24, 2.45) is 0 Å². The molecule has 2 nitrogen and oxygen atoms in total. The Morgan fingerprint density at radius 2 is 1.56 bits per heavy atom. The van der Waals surface area contributed by atoms with Crippen LogP contribution < -0.4 is 4.74 Å². The van der Waals surface area contributed by atoms with E-state index < -0.39 is 5.92 Å². The molecule has 1 aromatic heterocycles. The van der Waals surface area contributed by atoms with E-state index in [1.54, 1.807) is 19.2 Å². The molecule has 0 N–H and O–H groups in total. The Morgan fingerprint density at radius 1 is 0.861 bits per heavy atom. The SMILES string of the molecule is CCc1c(CC)c(-c2ccc(OC)cc2)c2c3c(nc4ccccc42)C(F)(F)c2cc(Cl)ccc2-c13. The zero-order chi connectivity index (χ0) is 25.2. The summed E-state index contributed by atoms with van der Waals surface area (Å²) in [5.74, 6) is -2.54. The van der Waals surface area contributed by atoms with E-state index in [1.165, 1.54) is 11.6 Å². The van der Waals surface area contributed by atoms with Crippen LogP contribution >= 0.6 is 11.6 Å². The molecule has 4 aromatic carbocycles. The molecule has 5 heteroatoms. The Hall–Kier alpha value is -3.50. The van der Waals surface area contributed by atoms with Crippen LogP contribution in [-0.4, -0.2) is 12.1 Å². The van der Waals surface area contributed by atoms with E-state index in [9.17, 15) is 0 Å². The second-order valence-electron chi connectivity index (χ2n) is 9.13. The highest BCUT2D eigenvalue weighted by Gasteiger charge is 2.45. The van der Waals surface area contributed by atoms with E-state index in [-0.39, 0.29) is 16.3 Å². The number of pyridine rings is 1. The number of aromatic nitrogens is 1. The lowest BCUT2D eigenvalue weighted by Gasteiger charge is -2.32. The fraction of sp³-hybridized carbons (Fsp3) is 0.194. The van der Waals surface area contributed by atoms with Gasteiger partial charge < -0.3 is 4.74 Å².